The number of nitrogens with zero attached hydrogens (tertiary/aromatic N) is 4. The number of hydrogen-bond donors (Lipinski definition) is 1. The van der Waals surface area contributed by atoms with Crippen molar-refractivity contribution in [1.82, 2.24) is 20.3 Å². The maximum atomic E-state index is 4.64. The molecule has 0 saturated heterocycles. The fourth-order valence-corrected chi connectivity index (χ4v) is 2.86. The third kappa shape index (κ3) is 4.86. The molecule has 0 radical (unpaired) electrons. The number of nitrogens with one attached hydrogen (secondary N) is 1. The molecule has 0 aliphatic heterocycles. The third-order valence-electron chi connectivity index (χ3n) is 4.17. The first-order valence-corrected chi connectivity index (χ1v) is 8.82. The summed E-state index contributed by atoms with van der Waals surface area (Å²) in [6.07, 6.45) is 2.67. The zero-order chi connectivity index (χ0) is 18.4. The summed E-state index contributed by atoms with van der Waals surface area (Å²) in [5.41, 5.74) is 4.28. The minimum atomic E-state index is 0.171. The van der Waals surface area contributed by atoms with Crippen molar-refractivity contribution in [3.05, 3.63) is 83.4 Å². The van der Waals surface area contributed by atoms with Gasteiger partial charge in [-0.2, -0.15) is 0 Å². The Kier molecular flexibility index (Phi) is 5.92. The van der Waals surface area contributed by atoms with Crippen LogP contribution in [0.4, 0.5) is 5.95 Å². The summed E-state index contributed by atoms with van der Waals surface area (Å²) in [7, 11) is 3.92. The van der Waals surface area contributed by atoms with E-state index in [1.165, 1.54) is 5.56 Å². The molecule has 0 aliphatic rings. The van der Waals surface area contributed by atoms with E-state index in [-0.39, 0.29) is 6.04 Å². The van der Waals surface area contributed by atoms with Crippen LogP contribution < -0.4 is 10.2 Å². The van der Waals surface area contributed by atoms with Crippen LogP contribution in [0.1, 0.15) is 28.7 Å². The van der Waals surface area contributed by atoms with Crippen molar-refractivity contribution in [2.24, 2.45) is 0 Å². The van der Waals surface area contributed by atoms with E-state index in [4.69, 9.17) is 0 Å². The van der Waals surface area contributed by atoms with Crippen molar-refractivity contribution in [3.8, 4) is 0 Å². The second kappa shape index (κ2) is 8.54. The Morgan fingerprint density at radius 2 is 1.73 bits per heavy atom. The number of benzene rings is 1. The summed E-state index contributed by atoms with van der Waals surface area (Å²) in [5, 5.41) is 3.65. The van der Waals surface area contributed by atoms with Gasteiger partial charge in [-0.3, -0.25) is 4.98 Å². The van der Waals surface area contributed by atoms with Gasteiger partial charge in [0.05, 0.1) is 5.69 Å². The van der Waals surface area contributed by atoms with Crippen LogP contribution in [0.15, 0.2) is 60.8 Å². The molecule has 3 aromatic rings. The maximum Gasteiger partial charge on any atom is 0.225 e. The molecule has 0 aliphatic carbocycles. The number of anilines is 1. The van der Waals surface area contributed by atoms with Crippen molar-refractivity contribution in [3.63, 3.8) is 0 Å². The third-order valence-corrected chi connectivity index (χ3v) is 4.17. The number of pyridine rings is 1. The first kappa shape index (κ1) is 18.0. The largest absolute Gasteiger partial charge is 0.347 e. The highest BCUT2D eigenvalue weighted by Gasteiger charge is 2.13. The highest BCUT2D eigenvalue weighted by Crippen LogP contribution is 2.18. The molecular formula is C21H25N5. The van der Waals surface area contributed by atoms with Crippen LogP contribution in [0.25, 0.3) is 0 Å². The summed E-state index contributed by atoms with van der Waals surface area (Å²) in [6, 6.07) is 18.7. The molecule has 134 valence electrons. The molecule has 0 saturated carbocycles. The molecule has 26 heavy (non-hydrogen) atoms. The van der Waals surface area contributed by atoms with E-state index in [9.17, 15) is 0 Å². The van der Waals surface area contributed by atoms with Gasteiger partial charge in [0, 0.05) is 50.7 Å². The van der Waals surface area contributed by atoms with E-state index in [0.717, 1.165) is 29.5 Å². The Labute approximate surface area is 155 Å². The Morgan fingerprint density at radius 3 is 2.42 bits per heavy atom. The molecule has 2 heterocycles. The van der Waals surface area contributed by atoms with Crippen molar-refractivity contribution in [1.29, 1.82) is 0 Å². The molecule has 0 unspecified atom stereocenters. The van der Waals surface area contributed by atoms with E-state index in [0.29, 0.717) is 6.54 Å². The first-order chi connectivity index (χ1) is 12.6. The molecule has 3 rings (SSSR count). The van der Waals surface area contributed by atoms with E-state index in [1.807, 2.05) is 56.4 Å². The highest BCUT2D eigenvalue weighted by molar-refractivity contribution is 5.30. The van der Waals surface area contributed by atoms with E-state index in [2.05, 4.69) is 50.6 Å². The lowest BCUT2D eigenvalue weighted by Crippen LogP contribution is -2.24. The predicted molar refractivity (Wildman–Crippen MR) is 105 cm³/mol. The molecule has 5 nitrogen and oxygen atoms in total. The van der Waals surface area contributed by atoms with Crippen LogP contribution in [0.2, 0.25) is 0 Å². The smallest absolute Gasteiger partial charge is 0.225 e. The highest BCUT2D eigenvalue weighted by atomic mass is 15.2. The lowest BCUT2D eigenvalue weighted by atomic mass is 10.0. The average Bonchev–Trinajstić information content (AvgIpc) is 2.66. The second-order valence-corrected chi connectivity index (χ2v) is 6.56. The Hall–Kier alpha value is -2.79. The average molecular weight is 347 g/mol. The molecule has 1 atom stereocenters. The van der Waals surface area contributed by atoms with Gasteiger partial charge in [0.25, 0.3) is 0 Å². The zero-order valence-electron chi connectivity index (χ0n) is 15.6. The van der Waals surface area contributed by atoms with Gasteiger partial charge in [-0.15, -0.1) is 0 Å². The van der Waals surface area contributed by atoms with Crippen LogP contribution in [0.3, 0.4) is 0 Å². The van der Waals surface area contributed by atoms with Gasteiger partial charge < -0.3 is 10.2 Å². The molecule has 1 N–H and O–H groups in total. The Balaban J connectivity index is 1.78. The zero-order valence-corrected chi connectivity index (χ0v) is 15.6. The van der Waals surface area contributed by atoms with E-state index < -0.39 is 0 Å². The normalized spacial score (nSPS) is 12.0. The monoisotopic (exact) mass is 347 g/mol. The van der Waals surface area contributed by atoms with Crippen molar-refractivity contribution in [2.45, 2.75) is 25.9 Å². The van der Waals surface area contributed by atoms with Gasteiger partial charge in [0.15, 0.2) is 0 Å². The van der Waals surface area contributed by atoms with Gasteiger partial charge in [0.1, 0.15) is 0 Å². The minimum Gasteiger partial charge on any atom is -0.347 e. The van der Waals surface area contributed by atoms with Gasteiger partial charge in [-0.05, 0) is 30.7 Å². The van der Waals surface area contributed by atoms with Crippen molar-refractivity contribution >= 4 is 5.95 Å². The van der Waals surface area contributed by atoms with Crippen LogP contribution in [0.5, 0.6) is 0 Å². The van der Waals surface area contributed by atoms with Crippen LogP contribution in [0, 0.1) is 6.92 Å². The molecule has 0 fully saturated rings. The predicted octanol–water partition coefficient (Wildman–Crippen LogP) is 3.32. The summed E-state index contributed by atoms with van der Waals surface area (Å²) < 4.78 is 0. The number of rotatable bonds is 7. The maximum absolute atomic E-state index is 4.64. The van der Waals surface area contributed by atoms with Crippen molar-refractivity contribution in [2.75, 3.05) is 19.0 Å². The molecule has 0 spiro atoms. The summed E-state index contributed by atoms with van der Waals surface area (Å²) in [6.45, 7) is 2.68. The fraction of sp³-hybridized carbons (Fsp3) is 0.286. The Bertz CT molecular complexity index is 818. The SMILES string of the molecule is Cc1cc(CN[C@H](Cc2ccccn2)c2ccccc2)nc(N(C)C)n1. The molecule has 0 amide bonds. The van der Waals surface area contributed by atoms with E-state index in [1.54, 1.807) is 0 Å². The first-order valence-electron chi connectivity index (χ1n) is 8.82. The lowest BCUT2D eigenvalue weighted by Gasteiger charge is -2.20. The van der Waals surface area contributed by atoms with Crippen molar-refractivity contribution < 1.29 is 0 Å². The molecule has 2 aromatic heterocycles. The standard InChI is InChI=1S/C21H25N5/c1-16-13-19(25-21(24-16)26(2)3)15-23-20(17-9-5-4-6-10-17)14-18-11-7-8-12-22-18/h4-13,20,23H,14-15H2,1-3H3/t20-/m1/s1. The van der Waals surface area contributed by atoms with Gasteiger partial charge in [-0.25, -0.2) is 9.97 Å². The molecule has 0 bridgehead atoms. The Morgan fingerprint density at radius 1 is 0.962 bits per heavy atom. The lowest BCUT2D eigenvalue weighted by molar-refractivity contribution is 0.519. The number of aromatic nitrogens is 3. The summed E-state index contributed by atoms with van der Waals surface area (Å²) in [5.74, 6) is 0.739. The second-order valence-electron chi connectivity index (χ2n) is 6.56. The van der Waals surface area contributed by atoms with Gasteiger partial charge >= 0.3 is 0 Å². The number of hydrogen-bond acceptors (Lipinski definition) is 5. The van der Waals surface area contributed by atoms with Gasteiger partial charge in [-0.1, -0.05) is 36.4 Å². The topological polar surface area (TPSA) is 53.9 Å². The number of aryl methyl sites for hydroxylation is 1. The van der Waals surface area contributed by atoms with Crippen LogP contribution in [-0.2, 0) is 13.0 Å². The molecular weight excluding hydrogens is 322 g/mol. The van der Waals surface area contributed by atoms with Crippen LogP contribution >= 0.6 is 0 Å². The fourth-order valence-electron chi connectivity index (χ4n) is 2.86. The van der Waals surface area contributed by atoms with Gasteiger partial charge in [0.2, 0.25) is 5.95 Å². The molecule has 5 heteroatoms. The minimum absolute atomic E-state index is 0.171. The quantitative estimate of drug-likeness (QED) is 0.710. The summed E-state index contributed by atoms with van der Waals surface area (Å²) in [4.78, 5) is 15.5. The summed E-state index contributed by atoms with van der Waals surface area (Å²) >= 11 is 0. The van der Waals surface area contributed by atoms with Crippen LogP contribution in [-0.4, -0.2) is 29.0 Å². The van der Waals surface area contributed by atoms with E-state index >= 15 is 0 Å². The molecule has 1 aromatic carbocycles.